The Kier molecular flexibility index (Phi) is 8.31. The number of halogens is 1. The van der Waals surface area contributed by atoms with Crippen molar-refractivity contribution in [1.82, 2.24) is 4.90 Å². The molecule has 0 aliphatic carbocycles. The first-order valence-electron chi connectivity index (χ1n) is 10.7. The molecular formula is C24H29BrN2O3. The predicted molar refractivity (Wildman–Crippen MR) is 123 cm³/mol. The first-order valence-corrected chi connectivity index (χ1v) is 11.5. The standard InChI is InChI=1S/C24H29BrN2O3/c1-2-3-16-30-22-13-12-18(17-20(22)25)23(28)26-21-11-7-6-10-19(21)24(29)27-14-8-4-5-9-15-27/h6-7,10-13,17H,2-5,8-9,14-16H2,1H3,(H,26,28). The lowest BCUT2D eigenvalue weighted by Gasteiger charge is -2.22. The second-order valence-corrected chi connectivity index (χ2v) is 8.41. The molecule has 1 fully saturated rings. The van der Waals surface area contributed by atoms with Gasteiger partial charge in [0.1, 0.15) is 5.75 Å². The number of benzene rings is 2. The maximum absolute atomic E-state index is 13.1. The summed E-state index contributed by atoms with van der Waals surface area (Å²) in [5, 5.41) is 2.91. The number of likely N-dealkylation sites (tertiary alicyclic amines) is 1. The fourth-order valence-electron chi connectivity index (χ4n) is 3.50. The van der Waals surface area contributed by atoms with Crippen LogP contribution < -0.4 is 10.1 Å². The van der Waals surface area contributed by atoms with E-state index in [0.29, 0.717) is 23.4 Å². The molecule has 0 unspecified atom stereocenters. The molecule has 5 nitrogen and oxygen atoms in total. The number of anilines is 1. The van der Waals surface area contributed by atoms with Gasteiger partial charge >= 0.3 is 0 Å². The molecule has 6 heteroatoms. The Labute approximate surface area is 186 Å². The molecule has 0 radical (unpaired) electrons. The zero-order chi connectivity index (χ0) is 21.3. The number of nitrogens with one attached hydrogen (secondary N) is 1. The van der Waals surface area contributed by atoms with Gasteiger partial charge < -0.3 is 15.0 Å². The first-order chi connectivity index (χ1) is 14.6. The molecule has 0 saturated carbocycles. The van der Waals surface area contributed by atoms with E-state index in [9.17, 15) is 9.59 Å². The minimum atomic E-state index is -0.257. The highest BCUT2D eigenvalue weighted by Gasteiger charge is 2.21. The van der Waals surface area contributed by atoms with E-state index >= 15 is 0 Å². The van der Waals surface area contributed by atoms with Crippen molar-refractivity contribution < 1.29 is 14.3 Å². The number of unbranched alkanes of at least 4 members (excludes halogenated alkanes) is 1. The lowest BCUT2D eigenvalue weighted by Crippen LogP contribution is -2.32. The van der Waals surface area contributed by atoms with Crippen molar-refractivity contribution in [3.63, 3.8) is 0 Å². The molecule has 0 atom stereocenters. The van der Waals surface area contributed by atoms with Crippen molar-refractivity contribution >= 4 is 33.4 Å². The number of para-hydroxylation sites is 1. The van der Waals surface area contributed by atoms with Crippen molar-refractivity contribution in [2.24, 2.45) is 0 Å². The molecule has 160 valence electrons. The Hall–Kier alpha value is -2.34. The van der Waals surface area contributed by atoms with Crippen LogP contribution >= 0.6 is 15.9 Å². The number of hydrogen-bond donors (Lipinski definition) is 1. The fourth-order valence-corrected chi connectivity index (χ4v) is 4.00. The van der Waals surface area contributed by atoms with Crippen molar-refractivity contribution in [1.29, 1.82) is 0 Å². The monoisotopic (exact) mass is 472 g/mol. The van der Waals surface area contributed by atoms with Crippen LogP contribution in [-0.2, 0) is 0 Å². The smallest absolute Gasteiger partial charge is 0.255 e. The van der Waals surface area contributed by atoms with E-state index in [0.717, 1.165) is 61.8 Å². The largest absolute Gasteiger partial charge is 0.492 e. The minimum Gasteiger partial charge on any atom is -0.492 e. The molecule has 0 spiro atoms. The normalized spacial score (nSPS) is 14.1. The van der Waals surface area contributed by atoms with Crippen molar-refractivity contribution in [3.8, 4) is 5.75 Å². The third-order valence-electron chi connectivity index (χ3n) is 5.25. The van der Waals surface area contributed by atoms with E-state index < -0.39 is 0 Å². The molecule has 0 aromatic heterocycles. The maximum Gasteiger partial charge on any atom is 0.255 e. The van der Waals surface area contributed by atoms with Gasteiger partial charge in [0.25, 0.3) is 11.8 Å². The number of carbonyl (C=O) groups is 2. The van der Waals surface area contributed by atoms with Crippen LogP contribution in [0, 0.1) is 0 Å². The van der Waals surface area contributed by atoms with Gasteiger partial charge in [-0.2, -0.15) is 0 Å². The summed E-state index contributed by atoms with van der Waals surface area (Å²) in [4.78, 5) is 27.8. The number of nitrogens with zero attached hydrogens (tertiary/aromatic N) is 1. The average Bonchev–Trinajstić information content (AvgIpc) is 3.04. The highest BCUT2D eigenvalue weighted by molar-refractivity contribution is 9.10. The van der Waals surface area contributed by atoms with E-state index in [4.69, 9.17) is 4.74 Å². The Morgan fingerprint density at radius 3 is 2.50 bits per heavy atom. The van der Waals surface area contributed by atoms with Crippen LogP contribution in [0.25, 0.3) is 0 Å². The number of hydrogen-bond acceptors (Lipinski definition) is 3. The summed E-state index contributed by atoms with van der Waals surface area (Å²) in [5.74, 6) is 0.442. The number of amides is 2. The van der Waals surface area contributed by atoms with Crippen LogP contribution in [0.1, 0.15) is 66.2 Å². The number of carbonyl (C=O) groups excluding carboxylic acids is 2. The molecule has 1 aliphatic heterocycles. The fraction of sp³-hybridized carbons (Fsp3) is 0.417. The lowest BCUT2D eigenvalue weighted by atomic mass is 10.1. The highest BCUT2D eigenvalue weighted by atomic mass is 79.9. The minimum absolute atomic E-state index is 0.0198. The first kappa shape index (κ1) is 22.3. The molecule has 1 N–H and O–H groups in total. The zero-order valence-electron chi connectivity index (χ0n) is 17.5. The van der Waals surface area contributed by atoms with E-state index in [1.165, 1.54) is 0 Å². The summed E-state index contributed by atoms with van der Waals surface area (Å²) in [6.07, 6.45) is 6.43. The van der Waals surface area contributed by atoms with Gasteiger partial charge in [-0.15, -0.1) is 0 Å². The topological polar surface area (TPSA) is 58.6 Å². The Morgan fingerprint density at radius 1 is 1.07 bits per heavy atom. The molecule has 1 heterocycles. The quantitative estimate of drug-likeness (QED) is 0.510. The summed E-state index contributed by atoms with van der Waals surface area (Å²) in [6, 6.07) is 12.5. The Balaban J connectivity index is 1.72. The van der Waals surface area contributed by atoms with Crippen molar-refractivity contribution in [2.75, 3.05) is 25.0 Å². The van der Waals surface area contributed by atoms with E-state index in [1.54, 1.807) is 30.3 Å². The van der Waals surface area contributed by atoms with Gasteiger partial charge in [-0.25, -0.2) is 0 Å². The molecule has 1 aliphatic rings. The van der Waals surface area contributed by atoms with Crippen LogP contribution in [0.5, 0.6) is 5.75 Å². The summed E-state index contributed by atoms with van der Waals surface area (Å²) < 4.78 is 6.47. The SMILES string of the molecule is CCCCOc1ccc(C(=O)Nc2ccccc2C(=O)N2CCCCCC2)cc1Br. The van der Waals surface area contributed by atoms with Gasteiger partial charge in [0.15, 0.2) is 0 Å². The van der Waals surface area contributed by atoms with Gasteiger partial charge in [0.2, 0.25) is 0 Å². The molecule has 2 aromatic carbocycles. The van der Waals surface area contributed by atoms with E-state index in [2.05, 4.69) is 28.2 Å². The van der Waals surface area contributed by atoms with Crippen molar-refractivity contribution in [3.05, 3.63) is 58.1 Å². The summed E-state index contributed by atoms with van der Waals surface area (Å²) in [5.41, 5.74) is 1.57. The lowest BCUT2D eigenvalue weighted by molar-refractivity contribution is 0.0762. The third kappa shape index (κ3) is 5.85. The van der Waals surface area contributed by atoms with Gasteiger partial charge in [0, 0.05) is 18.7 Å². The molecule has 30 heavy (non-hydrogen) atoms. The second kappa shape index (κ2) is 11.2. The van der Waals surface area contributed by atoms with Gasteiger partial charge in [-0.1, -0.05) is 38.3 Å². The van der Waals surface area contributed by atoms with Gasteiger partial charge in [0.05, 0.1) is 22.3 Å². The summed E-state index contributed by atoms with van der Waals surface area (Å²) in [7, 11) is 0. The molecule has 2 aromatic rings. The molecule has 2 amide bonds. The Morgan fingerprint density at radius 2 is 1.80 bits per heavy atom. The third-order valence-corrected chi connectivity index (χ3v) is 5.87. The van der Waals surface area contributed by atoms with Crippen LogP contribution in [-0.4, -0.2) is 36.4 Å². The Bertz CT molecular complexity index is 877. The van der Waals surface area contributed by atoms with Gasteiger partial charge in [-0.3, -0.25) is 9.59 Å². The van der Waals surface area contributed by atoms with Gasteiger partial charge in [-0.05, 0) is 65.5 Å². The van der Waals surface area contributed by atoms with Crippen LogP contribution in [0.3, 0.4) is 0 Å². The maximum atomic E-state index is 13.1. The molecule has 0 bridgehead atoms. The van der Waals surface area contributed by atoms with E-state index in [-0.39, 0.29) is 11.8 Å². The summed E-state index contributed by atoms with van der Waals surface area (Å²) in [6.45, 7) is 4.30. The molecule has 1 saturated heterocycles. The predicted octanol–water partition coefficient (Wildman–Crippen LogP) is 5.90. The molecule has 3 rings (SSSR count). The number of ether oxygens (including phenoxy) is 1. The highest BCUT2D eigenvalue weighted by Crippen LogP contribution is 2.27. The molecular weight excluding hydrogens is 444 g/mol. The average molecular weight is 473 g/mol. The van der Waals surface area contributed by atoms with Crippen LogP contribution in [0.2, 0.25) is 0 Å². The zero-order valence-corrected chi connectivity index (χ0v) is 19.0. The van der Waals surface area contributed by atoms with E-state index in [1.807, 2.05) is 17.0 Å². The van der Waals surface area contributed by atoms with Crippen LogP contribution in [0.15, 0.2) is 46.9 Å². The van der Waals surface area contributed by atoms with Crippen molar-refractivity contribution in [2.45, 2.75) is 45.4 Å². The summed E-state index contributed by atoms with van der Waals surface area (Å²) >= 11 is 3.48. The second-order valence-electron chi connectivity index (χ2n) is 7.55. The van der Waals surface area contributed by atoms with Crippen LogP contribution in [0.4, 0.5) is 5.69 Å². The number of rotatable bonds is 7.